The van der Waals surface area contributed by atoms with Crippen LogP contribution in [0.4, 0.5) is 0 Å². The summed E-state index contributed by atoms with van der Waals surface area (Å²) >= 11 is 1.25. The van der Waals surface area contributed by atoms with E-state index >= 15 is 0 Å². The van der Waals surface area contributed by atoms with Crippen LogP contribution in [0.2, 0.25) is 0 Å². The van der Waals surface area contributed by atoms with Gasteiger partial charge < -0.3 is 18.9 Å². The number of aromatic nitrogens is 3. The van der Waals surface area contributed by atoms with Crippen LogP contribution >= 0.6 is 11.3 Å². The third kappa shape index (κ3) is 3.62. The van der Waals surface area contributed by atoms with Gasteiger partial charge in [-0.25, -0.2) is 9.78 Å². The second-order valence-electron chi connectivity index (χ2n) is 5.56. The lowest BCUT2D eigenvalue weighted by Crippen LogP contribution is -2.16. The van der Waals surface area contributed by atoms with E-state index in [-0.39, 0.29) is 19.0 Å². The molecule has 0 saturated heterocycles. The molecule has 1 aromatic carbocycles. The summed E-state index contributed by atoms with van der Waals surface area (Å²) in [6.45, 7) is 2.75. The normalized spacial score (nSPS) is 12.5. The Bertz CT molecular complexity index is 1060. The first kappa shape index (κ1) is 17.4. The fraction of sp³-hybridized carbons (Fsp3) is 0.294. The predicted octanol–water partition coefficient (Wildman–Crippen LogP) is 1.77. The number of hydrogen-bond acceptors (Lipinski definition) is 9. The van der Waals surface area contributed by atoms with Gasteiger partial charge in [-0.05, 0) is 25.1 Å². The Morgan fingerprint density at radius 1 is 1.26 bits per heavy atom. The van der Waals surface area contributed by atoms with Crippen LogP contribution < -0.4 is 15.0 Å². The van der Waals surface area contributed by atoms with Gasteiger partial charge in [-0.1, -0.05) is 11.3 Å². The van der Waals surface area contributed by atoms with Crippen molar-refractivity contribution in [3.8, 4) is 11.5 Å². The number of benzene rings is 1. The number of carbonyl (C=O) groups is 1. The van der Waals surface area contributed by atoms with Crippen molar-refractivity contribution in [2.45, 2.75) is 20.1 Å². The monoisotopic (exact) mass is 389 g/mol. The molecule has 3 aromatic rings. The Hall–Kier alpha value is -2.98. The van der Waals surface area contributed by atoms with Gasteiger partial charge in [0.15, 0.2) is 11.5 Å². The summed E-state index contributed by atoms with van der Waals surface area (Å²) in [5, 5.41) is 4.82. The molecule has 0 bridgehead atoms. The number of rotatable bonds is 6. The molecule has 0 unspecified atom stereocenters. The molecule has 1 aliphatic heterocycles. The van der Waals surface area contributed by atoms with Crippen LogP contribution in [0.25, 0.3) is 4.96 Å². The second-order valence-corrected chi connectivity index (χ2v) is 6.60. The van der Waals surface area contributed by atoms with Gasteiger partial charge in [0.25, 0.3) is 5.56 Å². The topological polar surface area (TPSA) is 101 Å². The highest BCUT2D eigenvalue weighted by atomic mass is 32.1. The van der Waals surface area contributed by atoms with E-state index in [1.54, 1.807) is 18.2 Å². The molecule has 10 heteroatoms. The van der Waals surface area contributed by atoms with Crippen molar-refractivity contribution in [2.24, 2.45) is 0 Å². The van der Waals surface area contributed by atoms with Gasteiger partial charge in [-0.15, -0.1) is 0 Å². The van der Waals surface area contributed by atoms with Crippen molar-refractivity contribution in [3.05, 3.63) is 50.9 Å². The van der Waals surface area contributed by atoms with Crippen LogP contribution in [-0.4, -0.2) is 34.0 Å². The molecule has 3 heterocycles. The van der Waals surface area contributed by atoms with E-state index in [1.165, 1.54) is 21.9 Å². The fourth-order valence-corrected chi connectivity index (χ4v) is 3.32. The quantitative estimate of drug-likeness (QED) is 0.588. The van der Waals surface area contributed by atoms with Crippen LogP contribution in [0, 0.1) is 0 Å². The molecule has 4 rings (SSSR count). The zero-order valence-electron chi connectivity index (χ0n) is 14.3. The van der Waals surface area contributed by atoms with Gasteiger partial charge in [0, 0.05) is 12.7 Å². The van der Waals surface area contributed by atoms with Gasteiger partial charge >= 0.3 is 5.97 Å². The number of ether oxygens (including phenoxy) is 4. The lowest BCUT2D eigenvalue weighted by Gasteiger charge is -2.05. The summed E-state index contributed by atoms with van der Waals surface area (Å²) < 4.78 is 22.2. The molecule has 140 valence electrons. The molecule has 0 aliphatic carbocycles. The molecule has 0 amide bonds. The zero-order chi connectivity index (χ0) is 18.8. The maximum atomic E-state index is 12.2. The van der Waals surface area contributed by atoms with Gasteiger partial charge in [-0.2, -0.15) is 9.61 Å². The summed E-state index contributed by atoms with van der Waals surface area (Å²) in [5.74, 6) is 0.533. The predicted molar refractivity (Wildman–Crippen MR) is 94.1 cm³/mol. The highest BCUT2D eigenvalue weighted by Crippen LogP contribution is 2.32. The first-order chi connectivity index (χ1) is 13.1. The van der Waals surface area contributed by atoms with Crippen molar-refractivity contribution >= 4 is 22.3 Å². The molecule has 9 nitrogen and oxygen atoms in total. The summed E-state index contributed by atoms with van der Waals surface area (Å²) in [4.78, 5) is 29.2. The molecule has 27 heavy (non-hydrogen) atoms. The number of fused-ring (bicyclic) bond motifs is 2. The van der Waals surface area contributed by atoms with Gasteiger partial charge in [0.2, 0.25) is 11.8 Å². The highest BCUT2D eigenvalue weighted by Gasteiger charge is 2.17. The van der Waals surface area contributed by atoms with Crippen LogP contribution in [0.5, 0.6) is 11.5 Å². The van der Waals surface area contributed by atoms with E-state index in [9.17, 15) is 9.59 Å². The molecule has 0 atom stereocenters. The average Bonchev–Trinajstić information content (AvgIpc) is 3.30. The average molecular weight is 389 g/mol. The standard InChI is InChI=1S/C17H15N3O6S/c1-2-23-8-14-19-20-15(21)6-11(18-17(20)27-14)7-24-16(22)10-3-4-12-13(5-10)26-9-25-12/h3-6H,2,7-9H2,1H3. The van der Waals surface area contributed by atoms with Crippen LogP contribution in [0.15, 0.2) is 29.1 Å². The maximum absolute atomic E-state index is 12.2. The van der Waals surface area contributed by atoms with E-state index < -0.39 is 5.97 Å². The molecule has 0 N–H and O–H groups in total. The highest BCUT2D eigenvalue weighted by molar-refractivity contribution is 7.16. The summed E-state index contributed by atoms with van der Waals surface area (Å²) in [6, 6.07) is 6.08. The summed E-state index contributed by atoms with van der Waals surface area (Å²) in [5.41, 5.74) is 0.336. The zero-order valence-corrected chi connectivity index (χ0v) is 15.2. The summed E-state index contributed by atoms with van der Waals surface area (Å²) in [6.07, 6.45) is 0. The largest absolute Gasteiger partial charge is 0.456 e. The third-order valence-corrected chi connectivity index (χ3v) is 4.61. The molecule has 0 radical (unpaired) electrons. The smallest absolute Gasteiger partial charge is 0.338 e. The molecule has 0 fully saturated rings. The van der Waals surface area contributed by atoms with E-state index in [0.717, 1.165) is 0 Å². The first-order valence-electron chi connectivity index (χ1n) is 8.17. The maximum Gasteiger partial charge on any atom is 0.338 e. The van der Waals surface area contributed by atoms with Crippen molar-refractivity contribution in [2.75, 3.05) is 13.4 Å². The number of nitrogens with zero attached hydrogens (tertiary/aromatic N) is 3. The molecule has 1 aliphatic rings. The first-order valence-corrected chi connectivity index (χ1v) is 8.99. The second kappa shape index (κ2) is 7.33. The number of esters is 1. The molecule has 0 saturated carbocycles. The van der Waals surface area contributed by atoms with Crippen molar-refractivity contribution in [1.29, 1.82) is 0 Å². The minimum absolute atomic E-state index is 0.127. The minimum atomic E-state index is -0.545. The van der Waals surface area contributed by atoms with Crippen molar-refractivity contribution in [1.82, 2.24) is 14.6 Å². The Morgan fingerprint density at radius 3 is 2.96 bits per heavy atom. The Labute approximate surface area is 157 Å². The van der Waals surface area contributed by atoms with Crippen molar-refractivity contribution < 1.29 is 23.7 Å². The SMILES string of the molecule is CCOCc1nn2c(=O)cc(COC(=O)c3ccc4c(c3)OCO4)nc2s1. The van der Waals surface area contributed by atoms with E-state index in [0.29, 0.717) is 45.9 Å². The number of carbonyl (C=O) groups excluding carboxylic acids is 1. The minimum Gasteiger partial charge on any atom is -0.456 e. The number of hydrogen-bond donors (Lipinski definition) is 0. The van der Waals surface area contributed by atoms with E-state index in [1.807, 2.05) is 6.92 Å². The van der Waals surface area contributed by atoms with Crippen molar-refractivity contribution in [3.63, 3.8) is 0 Å². The Morgan fingerprint density at radius 2 is 2.11 bits per heavy atom. The molecular formula is C17H15N3O6S. The van der Waals surface area contributed by atoms with Gasteiger partial charge in [0.05, 0.1) is 11.3 Å². The fourth-order valence-electron chi connectivity index (χ4n) is 2.46. The third-order valence-electron chi connectivity index (χ3n) is 3.73. The van der Waals surface area contributed by atoms with Crippen LogP contribution in [-0.2, 0) is 22.7 Å². The molecule has 2 aromatic heterocycles. The van der Waals surface area contributed by atoms with Gasteiger partial charge in [-0.3, -0.25) is 4.79 Å². The molecule has 0 spiro atoms. The summed E-state index contributed by atoms with van der Waals surface area (Å²) in [7, 11) is 0. The lowest BCUT2D eigenvalue weighted by molar-refractivity contribution is 0.0467. The Balaban J connectivity index is 1.48. The Kier molecular flexibility index (Phi) is 4.73. The van der Waals surface area contributed by atoms with E-state index in [2.05, 4.69) is 10.1 Å². The van der Waals surface area contributed by atoms with Crippen LogP contribution in [0.3, 0.4) is 0 Å². The van der Waals surface area contributed by atoms with E-state index in [4.69, 9.17) is 18.9 Å². The molecular weight excluding hydrogens is 374 g/mol. The lowest BCUT2D eigenvalue weighted by atomic mass is 10.2. The van der Waals surface area contributed by atoms with Gasteiger partial charge in [0.1, 0.15) is 18.2 Å². The van der Waals surface area contributed by atoms with Crippen LogP contribution in [0.1, 0.15) is 28.0 Å².